The zero-order valence-electron chi connectivity index (χ0n) is 18.7. The molecule has 0 unspecified atom stereocenters. The molecule has 0 radical (unpaired) electrons. The Kier molecular flexibility index (Phi) is 8.40. The van der Waals surface area contributed by atoms with Crippen molar-refractivity contribution in [3.8, 4) is 5.75 Å². The number of benzene rings is 1. The van der Waals surface area contributed by atoms with Crippen LogP contribution in [0.1, 0.15) is 34.0 Å². The van der Waals surface area contributed by atoms with Crippen LogP contribution in [0.5, 0.6) is 5.75 Å². The first-order valence-corrected chi connectivity index (χ1v) is 11.3. The lowest BCUT2D eigenvalue weighted by Crippen LogP contribution is -2.39. The van der Waals surface area contributed by atoms with Crippen LogP contribution in [0.2, 0.25) is 0 Å². The molecule has 31 heavy (non-hydrogen) atoms. The Morgan fingerprint density at radius 2 is 1.87 bits per heavy atom. The molecule has 0 aliphatic heterocycles. The predicted octanol–water partition coefficient (Wildman–Crippen LogP) is 2.67. The number of guanidine groups is 1. The van der Waals surface area contributed by atoms with Gasteiger partial charge in [0.05, 0.1) is 12.1 Å². The molecule has 0 bridgehead atoms. The average molecular weight is 442 g/mol. The number of aliphatic imine (C=N–C) groups is 1. The summed E-state index contributed by atoms with van der Waals surface area (Å²) in [5.74, 6) is 3.35. The van der Waals surface area contributed by atoms with Crippen LogP contribution >= 0.6 is 11.3 Å². The molecule has 2 heterocycles. The van der Waals surface area contributed by atoms with E-state index < -0.39 is 0 Å². The van der Waals surface area contributed by atoms with Gasteiger partial charge in [-0.2, -0.15) is 0 Å². The number of nitrogens with one attached hydrogen (secondary N) is 2. The number of methoxy groups -OCH3 is 1. The smallest absolute Gasteiger partial charge is 0.191 e. The molecule has 0 saturated carbocycles. The highest BCUT2D eigenvalue weighted by molar-refractivity contribution is 7.11. The fourth-order valence-corrected chi connectivity index (χ4v) is 3.81. The summed E-state index contributed by atoms with van der Waals surface area (Å²) in [5.41, 5.74) is 1.24. The number of thiazole rings is 1. The minimum Gasteiger partial charge on any atom is -0.497 e. The van der Waals surface area contributed by atoms with Gasteiger partial charge in [0.1, 0.15) is 18.1 Å². The molecule has 2 aromatic heterocycles. The molecule has 9 heteroatoms. The summed E-state index contributed by atoms with van der Waals surface area (Å²) in [6.45, 7) is 6.09. The van der Waals surface area contributed by atoms with E-state index in [-0.39, 0.29) is 0 Å². The molecule has 2 N–H and O–H groups in total. The van der Waals surface area contributed by atoms with Crippen molar-refractivity contribution in [3.05, 3.63) is 57.6 Å². The van der Waals surface area contributed by atoms with Crippen LogP contribution in [0.4, 0.5) is 0 Å². The van der Waals surface area contributed by atoms with Gasteiger partial charge < -0.3 is 19.9 Å². The molecule has 0 aliphatic carbocycles. The van der Waals surface area contributed by atoms with Crippen LogP contribution in [-0.4, -0.2) is 45.9 Å². The summed E-state index contributed by atoms with van der Waals surface area (Å²) in [4.78, 5) is 10.5. The van der Waals surface area contributed by atoms with Crippen molar-refractivity contribution in [1.82, 2.24) is 30.4 Å². The topological polar surface area (TPSA) is 89.3 Å². The Morgan fingerprint density at radius 1 is 1.13 bits per heavy atom. The van der Waals surface area contributed by atoms with Gasteiger partial charge >= 0.3 is 0 Å². The number of rotatable bonds is 10. The van der Waals surface area contributed by atoms with Crippen molar-refractivity contribution in [1.29, 1.82) is 0 Å². The van der Waals surface area contributed by atoms with E-state index in [1.165, 1.54) is 10.4 Å². The molecule has 0 saturated heterocycles. The van der Waals surface area contributed by atoms with E-state index in [0.717, 1.165) is 60.7 Å². The Labute approximate surface area is 187 Å². The molecule has 166 valence electrons. The van der Waals surface area contributed by atoms with Crippen LogP contribution in [0.15, 0.2) is 35.5 Å². The van der Waals surface area contributed by atoms with Gasteiger partial charge in [0, 0.05) is 37.6 Å². The van der Waals surface area contributed by atoms with Crippen LogP contribution in [0.25, 0.3) is 0 Å². The average Bonchev–Trinajstić information content (AvgIpc) is 3.38. The second-order valence-corrected chi connectivity index (χ2v) is 8.36. The van der Waals surface area contributed by atoms with Crippen molar-refractivity contribution >= 4 is 17.3 Å². The van der Waals surface area contributed by atoms with E-state index in [4.69, 9.17) is 9.73 Å². The second-order valence-electron chi connectivity index (χ2n) is 7.16. The minimum absolute atomic E-state index is 0.465. The predicted molar refractivity (Wildman–Crippen MR) is 125 cm³/mol. The largest absolute Gasteiger partial charge is 0.497 e. The van der Waals surface area contributed by atoms with Gasteiger partial charge in [-0.3, -0.25) is 0 Å². The summed E-state index contributed by atoms with van der Waals surface area (Å²) in [7, 11) is 3.64. The van der Waals surface area contributed by atoms with E-state index in [1.807, 2.05) is 36.9 Å². The van der Waals surface area contributed by atoms with Crippen molar-refractivity contribution < 1.29 is 4.74 Å². The third-order valence-corrected chi connectivity index (χ3v) is 6.21. The van der Waals surface area contributed by atoms with Crippen LogP contribution < -0.4 is 15.4 Å². The molecule has 1 aromatic carbocycles. The lowest BCUT2D eigenvalue weighted by Gasteiger charge is -2.12. The molecule has 8 nitrogen and oxygen atoms in total. The normalized spacial score (nSPS) is 11.5. The Balaban J connectivity index is 1.56. The monoisotopic (exact) mass is 441 g/mol. The van der Waals surface area contributed by atoms with E-state index >= 15 is 0 Å². The lowest BCUT2D eigenvalue weighted by molar-refractivity contribution is 0.414. The van der Waals surface area contributed by atoms with Crippen molar-refractivity contribution in [2.75, 3.05) is 20.2 Å². The number of ether oxygens (including phenoxy) is 1. The lowest BCUT2D eigenvalue weighted by atomic mass is 10.1. The Morgan fingerprint density at radius 3 is 2.48 bits per heavy atom. The highest BCUT2D eigenvalue weighted by Gasteiger charge is 2.06. The number of aryl methyl sites for hydroxylation is 2. The van der Waals surface area contributed by atoms with E-state index in [9.17, 15) is 0 Å². The summed E-state index contributed by atoms with van der Waals surface area (Å²) in [6.07, 6.45) is 4.76. The number of aromatic nitrogens is 4. The van der Waals surface area contributed by atoms with Gasteiger partial charge in [0.25, 0.3) is 0 Å². The minimum atomic E-state index is 0.465. The highest BCUT2D eigenvalue weighted by Crippen LogP contribution is 2.13. The maximum atomic E-state index is 5.22. The first-order valence-electron chi connectivity index (χ1n) is 10.5. The van der Waals surface area contributed by atoms with Crippen LogP contribution in [0.3, 0.4) is 0 Å². The Hall–Kier alpha value is -2.94. The molecule has 0 amide bonds. The number of nitrogens with zero attached hydrogens (tertiary/aromatic N) is 5. The van der Waals surface area contributed by atoms with E-state index in [1.54, 1.807) is 18.4 Å². The quantitative estimate of drug-likeness (QED) is 0.371. The van der Waals surface area contributed by atoms with Gasteiger partial charge in [-0.25, -0.2) is 9.98 Å². The van der Waals surface area contributed by atoms with Crippen molar-refractivity contribution in [2.24, 2.45) is 12.0 Å². The fourth-order valence-electron chi connectivity index (χ4n) is 2.95. The summed E-state index contributed by atoms with van der Waals surface area (Å²) in [6, 6.07) is 8.14. The highest BCUT2D eigenvalue weighted by atomic mass is 32.1. The zero-order chi connectivity index (χ0) is 22.1. The third-order valence-electron chi connectivity index (χ3n) is 5.01. The number of hydrogen-bond donors (Lipinski definition) is 2. The van der Waals surface area contributed by atoms with Gasteiger partial charge in [-0.1, -0.05) is 19.1 Å². The SMILES string of the molecule is CCc1cnc(CCNC(=NCc2nnc(C)n2C)NCCc2ccc(OC)cc2)s1. The third kappa shape index (κ3) is 6.78. The van der Waals surface area contributed by atoms with Gasteiger partial charge in [0.15, 0.2) is 11.8 Å². The molecule has 0 aliphatic rings. The van der Waals surface area contributed by atoms with E-state index in [0.29, 0.717) is 6.54 Å². The summed E-state index contributed by atoms with van der Waals surface area (Å²) in [5, 5.41) is 16.3. The van der Waals surface area contributed by atoms with Crippen LogP contribution in [-0.2, 0) is 32.9 Å². The standard InChI is InChI=1S/C22H31N7OS/c1-5-19-14-25-21(31-19)11-13-24-22(26-15-20-28-27-16(2)29(20)3)23-12-10-17-6-8-18(30-4)9-7-17/h6-9,14H,5,10-13,15H2,1-4H3,(H2,23,24,26). The summed E-state index contributed by atoms with van der Waals surface area (Å²) < 4.78 is 7.18. The van der Waals surface area contributed by atoms with Crippen molar-refractivity contribution in [2.45, 2.75) is 39.7 Å². The molecule has 3 aromatic rings. The molecule has 0 fully saturated rings. The van der Waals surface area contributed by atoms with Crippen molar-refractivity contribution in [3.63, 3.8) is 0 Å². The maximum absolute atomic E-state index is 5.22. The van der Waals surface area contributed by atoms with Crippen LogP contribution in [0, 0.1) is 6.92 Å². The van der Waals surface area contributed by atoms with E-state index in [2.05, 4.69) is 44.9 Å². The molecule has 3 rings (SSSR count). The first kappa shape index (κ1) is 22.7. The fraction of sp³-hybridized carbons (Fsp3) is 0.455. The zero-order valence-corrected chi connectivity index (χ0v) is 19.5. The maximum Gasteiger partial charge on any atom is 0.191 e. The second kappa shape index (κ2) is 11.5. The number of hydrogen-bond acceptors (Lipinski definition) is 6. The first-order chi connectivity index (χ1) is 15.1. The molecular weight excluding hydrogens is 410 g/mol. The van der Waals surface area contributed by atoms with Gasteiger partial charge in [-0.15, -0.1) is 21.5 Å². The Bertz CT molecular complexity index is 978. The van der Waals surface area contributed by atoms with Gasteiger partial charge in [0.2, 0.25) is 0 Å². The molecular formula is C22H31N7OS. The van der Waals surface area contributed by atoms with Gasteiger partial charge in [-0.05, 0) is 37.5 Å². The molecule has 0 spiro atoms. The summed E-state index contributed by atoms with van der Waals surface area (Å²) >= 11 is 1.77. The molecule has 0 atom stereocenters.